The number of nitrogens with zero attached hydrogens (tertiary/aromatic N) is 1. The predicted molar refractivity (Wildman–Crippen MR) is 75.7 cm³/mol. The van der Waals surface area contributed by atoms with Crippen LogP contribution in [0, 0.1) is 0 Å². The number of rotatable bonds is 3. The quantitative estimate of drug-likeness (QED) is 0.610. The molecule has 0 radical (unpaired) electrons. The highest BCUT2D eigenvalue weighted by molar-refractivity contribution is 6.33. The Labute approximate surface area is 129 Å². The third-order valence-electron chi connectivity index (χ3n) is 2.73. The van der Waals surface area contributed by atoms with Crippen molar-refractivity contribution in [1.82, 2.24) is 4.98 Å². The van der Waals surface area contributed by atoms with Crippen molar-refractivity contribution in [2.45, 2.75) is 6.18 Å². The van der Waals surface area contributed by atoms with Gasteiger partial charge in [-0.3, -0.25) is 0 Å². The number of halogens is 4. The van der Waals surface area contributed by atoms with Gasteiger partial charge in [-0.1, -0.05) is 30.3 Å². The number of hydrogen-bond acceptors (Lipinski definition) is 3. The molecule has 1 heterocycles. The van der Waals surface area contributed by atoms with Gasteiger partial charge in [0, 0.05) is 11.8 Å². The molecule has 0 atom stereocenters. The van der Waals surface area contributed by atoms with Crippen LogP contribution in [0.3, 0.4) is 0 Å². The van der Waals surface area contributed by atoms with Crippen molar-refractivity contribution in [3.8, 4) is 5.75 Å². The van der Waals surface area contributed by atoms with E-state index in [9.17, 15) is 18.0 Å². The van der Waals surface area contributed by atoms with Crippen LogP contribution in [0.15, 0.2) is 43.1 Å². The molecule has 7 heteroatoms. The van der Waals surface area contributed by atoms with Gasteiger partial charge in [0.25, 0.3) is 0 Å². The van der Waals surface area contributed by atoms with Crippen LogP contribution >= 0.6 is 11.6 Å². The van der Waals surface area contributed by atoms with Crippen LogP contribution in [-0.2, 0) is 6.18 Å². The summed E-state index contributed by atoms with van der Waals surface area (Å²) in [6.07, 6.45) is -2.24. The molecule has 22 heavy (non-hydrogen) atoms. The van der Waals surface area contributed by atoms with Crippen LogP contribution in [0.2, 0.25) is 5.02 Å². The predicted octanol–water partition coefficient (Wildman–Crippen LogP) is 4.62. The van der Waals surface area contributed by atoms with Gasteiger partial charge in [0.1, 0.15) is 5.69 Å². The highest BCUT2D eigenvalue weighted by Crippen LogP contribution is 2.39. The Morgan fingerprint density at radius 3 is 2.55 bits per heavy atom. The maximum atomic E-state index is 12.9. The number of benzene rings is 1. The van der Waals surface area contributed by atoms with Gasteiger partial charge in [-0.25, -0.2) is 9.78 Å². The lowest BCUT2D eigenvalue weighted by molar-refractivity contribution is -0.137. The number of carbonyl (C=O) groups is 1. The smallest absolute Gasteiger partial charge is 0.417 e. The van der Waals surface area contributed by atoms with E-state index in [1.165, 1.54) is 12.3 Å². The van der Waals surface area contributed by atoms with Crippen LogP contribution in [0.5, 0.6) is 5.75 Å². The van der Waals surface area contributed by atoms with Gasteiger partial charge in [0.2, 0.25) is 0 Å². The van der Waals surface area contributed by atoms with Crippen molar-refractivity contribution in [3.05, 3.63) is 65.0 Å². The number of alkyl halides is 3. The minimum Gasteiger partial charge on any atom is -0.420 e. The second kappa shape index (κ2) is 6.19. The third kappa shape index (κ3) is 3.28. The standard InChI is InChI=1S/C15H9ClF3NO2/c1-2-9-10(15(17,18)19)6-7-12(13(9)16)22-14(21)11-5-3-4-8-20-11/h2-8H,1H2. The number of esters is 1. The van der Waals surface area contributed by atoms with E-state index in [2.05, 4.69) is 11.6 Å². The van der Waals surface area contributed by atoms with Crippen LogP contribution in [0.4, 0.5) is 13.2 Å². The lowest BCUT2D eigenvalue weighted by atomic mass is 10.1. The molecule has 0 bridgehead atoms. The second-order valence-electron chi connectivity index (χ2n) is 4.15. The van der Waals surface area contributed by atoms with Gasteiger partial charge in [-0.05, 0) is 24.3 Å². The van der Waals surface area contributed by atoms with E-state index >= 15 is 0 Å². The zero-order chi connectivity index (χ0) is 16.3. The number of pyridine rings is 1. The first-order valence-corrected chi connectivity index (χ1v) is 6.37. The first-order chi connectivity index (χ1) is 10.3. The molecule has 0 spiro atoms. The van der Waals surface area contributed by atoms with E-state index in [4.69, 9.17) is 16.3 Å². The molecule has 0 saturated heterocycles. The number of aromatic nitrogens is 1. The first-order valence-electron chi connectivity index (χ1n) is 6.00. The summed E-state index contributed by atoms with van der Waals surface area (Å²) in [7, 11) is 0. The largest absolute Gasteiger partial charge is 0.420 e. The van der Waals surface area contributed by atoms with Crippen LogP contribution in [0.25, 0.3) is 6.08 Å². The fourth-order valence-corrected chi connectivity index (χ4v) is 2.01. The first kappa shape index (κ1) is 16.0. The van der Waals surface area contributed by atoms with Crippen molar-refractivity contribution < 1.29 is 22.7 Å². The molecule has 114 valence electrons. The number of hydrogen-bond donors (Lipinski definition) is 0. The van der Waals surface area contributed by atoms with Crippen molar-refractivity contribution in [1.29, 1.82) is 0 Å². The van der Waals surface area contributed by atoms with Gasteiger partial charge in [-0.15, -0.1) is 0 Å². The lowest BCUT2D eigenvalue weighted by Gasteiger charge is -2.14. The lowest BCUT2D eigenvalue weighted by Crippen LogP contribution is -2.12. The van der Waals surface area contributed by atoms with E-state index in [-0.39, 0.29) is 22.0 Å². The van der Waals surface area contributed by atoms with Gasteiger partial charge in [0.05, 0.1) is 10.6 Å². The summed E-state index contributed by atoms with van der Waals surface area (Å²) in [4.78, 5) is 15.6. The molecule has 0 N–H and O–H groups in total. The molecular formula is C15H9ClF3NO2. The Hall–Kier alpha value is -2.34. The monoisotopic (exact) mass is 327 g/mol. The van der Waals surface area contributed by atoms with Crippen LogP contribution in [-0.4, -0.2) is 11.0 Å². The minimum atomic E-state index is -4.59. The van der Waals surface area contributed by atoms with E-state index < -0.39 is 17.7 Å². The van der Waals surface area contributed by atoms with Gasteiger partial charge in [-0.2, -0.15) is 13.2 Å². The molecule has 1 aromatic heterocycles. The molecule has 2 aromatic rings. The molecule has 0 fully saturated rings. The van der Waals surface area contributed by atoms with E-state index in [0.717, 1.165) is 18.2 Å². The number of ether oxygens (including phenoxy) is 1. The molecule has 0 aliphatic rings. The Bertz CT molecular complexity index is 715. The van der Waals surface area contributed by atoms with E-state index in [1.54, 1.807) is 12.1 Å². The molecule has 0 unspecified atom stereocenters. The van der Waals surface area contributed by atoms with E-state index in [1.807, 2.05) is 0 Å². The molecule has 0 saturated carbocycles. The van der Waals surface area contributed by atoms with Gasteiger partial charge < -0.3 is 4.74 Å². The summed E-state index contributed by atoms with van der Waals surface area (Å²) in [5.41, 5.74) is -1.29. The van der Waals surface area contributed by atoms with Crippen molar-refractivity contribution in [3.63, 3.8) is 0 Å². The zero-order valence-electron chi connectivity index (χ0n) is 11.0. The van der Waals surface area contributed by atoms with Crippen LogP contribution < -0.4 is 4.74 Å². The highest BCUT2D eigenvalue weighted by Gasteiger charge is 2.34. The fourth-order valence-electron chi connectivity index (χ4n) is 1.73. The average Bonchev–Trinajstić information content (AvgIpc) is 2.48. The summed E-state index contributed by atoms with van der Waals surface area (Å²) < 4.78 is 43.5. The summed E-state index contributed by atoms with van der Waals surface area (Å²) in [6.45, 7) is 3.31. The van der Waals surface area contributed by atoms with E-state index in [0.29, 0.717) is 0 Å². The average molecular weight is 328 g/mol. The molecule has 0 aliphatic carbocycles. The third-order valence-corrected chi connectivity index (χ3v) is 3.12. The number of carbonyl (C=O) groups excluding carboxylic acids is 1. The molecule has 0 amide bonds. The summed E-state index contributed by atoms with van der Waals surface area (Å²) in [5, 5.41) is -0.339. The highest BCUT2D eigenvalue weighted by atomic mass is 35.5. The summed E-state index contributed by atoms with van der Waals surface area (Å²) in [6, 6.07) is 6.36. The summed E-state index contributed by atoms with van der Waals surface area (Å²) >= 11 is 5.88. The normalized spacial score (nSPS) is 11.1. The maximum absolute atomic E-state index is 12.9. The summed E-state index contributed by atoms with van der Waals surface area (Å²) in [5.74, 6) is -1.02. The minimum absolute atomic E-state index is 0.0126. The molecule has 1 aromatic carbocycles. The molecule has 3 nitrogen and oxygen atoms in total. The Morgan fingerprint density at radius 1 is 1.27 bits per heavy atom. The Kier molecular flexibility index (Phi) is 4.51. The SMILES string of the molecule is C=Cc1c(C(F)(F)F)ccc(OC(=O)c2ccccn2)c1Cl. The molecular weight excluding hydrogens is 319 g/mol. The Balaban J connectivity index is 2.38. The zero-order valence-corrected chi connectivity index (χ0v) is 11.8. The molecule has 2 rings (SSSR count). The fraction of sp³-hybridized carbons (Fsp3) is 0.0667. The second-order valence-corrected chi connectivity index (χ2v) is 4.52. The van der Waals surface area contributed by atoms with Gasteiger partial charge in [0.15, 0.2) is 5.75 Å². The van der Waals surface area contributed by atoms with Gasteiger partial charge >= 0.3 is 12.1 Å². The Morgan fingerprint density at radius 2 is 2.00 bits per heavy atom. The van der Waals surface area contributed by atoms with Crippen molar-refractivity contribution >= 4 is 23.6 Å². The van der Waals surface area contributed by atoms with Crippen molar-refractivity contribution in [2.24, 2.45) is 0 Å². The topological polar surface area (TPSA) is 39.2 Å². The van der Waals surface area contributed by atoms with Crippen molar-refractivity contribution in [2.75, 3.05) is 0 Å². The van der Waals surface area contributed by atoms with Crippen LogP contribution in [0.1, 0.15) is 21.6 Å². The maximum Gasteiger partial charge on any atom is 0.417 e. The molecule has 0 aliphatic heterocycles.